The maximum atomic E-state index is 12.7. The third kappa shape index (κ3) is 4.42. The predicted molar refractivity (Wildman–Crippen MR) is 90.1 cm³/mol. The zero-order chi connectivity index (χ0) is 17.9. The molecule has 2 heterocycles. The number of furan rings is 1. The van der Waals surface area contributed by atoms with E-state index in [1.54, 1.807) is 30.4 Å². The van der Waals surface area contributed by atoms with Crippen LogP contribution in [0.2, 0.25) is 0 Å². The van der Waals surface area contributed by atoms with E-state index in [1.165, 1.54) is 18.4 Å². The first-order chi connectivity index (χ1) is 11.9. The summed E-state index contributed by atoms with van der Waals surface area (Å²) >= 11 is 1.05. The molecule has 0 atom stereocenters. The Morgan fingerprint density at radius 2 is 2.04 bits per heavy atom. The summed E-state index contributed by atoms with van der Waals surface area (Å²) in [4.78, 5) is 16.3. The van der Waals surface area contributed by atoms with Crippen molar-refractivity contribution < 1.29 is 22.4 Å². The fraction of sp³-hybridized carbons (Fsp3) is 0.0588. The van der Waals surface area contributed by atoms with Gasteiger partial charge >= 0.3 is 6.18 Å². The van der Waals surface area contributed by atoms with Crippen LogP contribution in [0.25, 0.3) is 6.08 Å². The van der Waals surface area contributed by atoms with Gasteiger partial charge in [-0.3, -0.25) is 4.79 Å². The minimum absolute atomic E-state index is 0.116. The number of nitrogens with one attached hydrogen (secondary N) is 1. The number of benzene rings is 1. The highest BCUT2D eigenvalue weighted by atomic mass is 32.2. The molecule has 1 fully saturated rings. The normalized spacial score (nSPS) is 18.4. The van der Waals surface area contributed by atoms with Gasteiger partial charge < -0.3 is 9.73 Å². The average Bonchev–Trinajstić information content (AvgIpc) is 3.17. The predicted octanol–water partition coefficient (Wildman–Crippen LogP) is 4.75. The van der Waals surface area contributed by atoms with Crippen LogP contribution >= 0.6 is 11.8 Å². The lowest BCUT2D eigenvalue weighted by Gasteiger charge is -2.06. The number of aliphatic imine (C=N–C) groups is 1. The van der Waals surface area contributed by atoms with E-state index >= 15 is 0 Å². The lowest BCUT2D eigenvalue weighted by atomic mass is 10.2. The van der Waals surface area contributed by atoms with Gasteiger partial charge in [-0.1, -0.05) is 12.1 Å². The number of amidine groups is 1. The van der Waals surface area contributed by atoms with Gasteiger partial charge in [0.2, 0.25) is 0 Å². The van der Waals surface area contributed by atoms with Gasteiger partial charge in [0.25, 0.3) is 5.91 Å². The summed E-state index contributed by atoms with van der Waals surface area (Å²) < 4.78 is 43.3. The molecule has 1 saturated heterocycles. The molecule has 0 aliphatic carbocycles. The molecule has 0 radical (unpaired) electrons. The van der Waals surface area contributed by atoms with Crippen LogP contribution in [-0.2, 0) is 11.0 Å². The molecule has 8 heteroatoms. The first-order valence-electron chi connectivity index (χ1n) is 7.09. The number of halogens is 3. The Labute approximate surface area is 145 Å². The van der Waals surface area contributed by atoms with Crippen molar-refractivity contribution in [2.45, 2.75) is 6.18 Å². The standard InChI is InChI=1S/C17H11F3N2O2S/c18-17(19,20)11-4-1-5-12(10-11)21-16-22-15(23)14(25-16)8-2-6-13-7-3-9-24-13/h1-10H,(H,21,22,23). The number of thioether (sulfide) groups is 1. The van der Waals surface area contributed by atoms with Gasteiger partial charge in [-0.25, -0.2) is 4.99 Å². The van der Waals surface area contributed by atoms with Gasteiger partial charge in [0.1, 0.15) is 5.76 Å². The van der Waals surface area contributed by atoms with Crippen molar-refractivity contribution in [3.63, 3.8) is 0 Å². The molecule has 128 valence electrons. The lowest BCUT2D eigenvalue weighted by Crippen LogP contribution is -2.19. The number of amides is 1. The number of hydrogen-bond donors (Lipinski definition) is 1. The number of alkyl halides is 3. The van der Waals surface area contributed by atoms with E-state index in [-0.39, 0.29) is 16.8 Å². The Balaban J connectivity index is 1.75. The third-order valence-corrected chi connectivity index (χ3v) is 4.03. The van der Waals surface area contributed by atoms with Crippen LogP contribution in [-0.4, -0.2) is 11.1 Å². The van der Waals surface area contributed by atoms with Crippen LogP contribution in [0.4, 0.5) is 18.9 Å². The van der Waals surface area contributed by atoms with E-state index in [4.69, 9.17) is 4.42 Å². The minimum Gasteiger partial charge on any atom is -0.465 e. The molecule has 0 unspecified atom stereocenters. The molecule has 0 spiro atoms. The summed E-state index contributed by atoms with van der Waals surface area (Å²) in [5.41, 5.74) is -0.675. The lowest BCUT2D eigenvalue weighted by molar-refractivity contribution is -0.137. The second-order valence-electron chi connectivity index (χ2n) is 4.93. The number of nitrogens with zero attached hydrogens (tertiary/aromatic N) is 1. The summed E-state index contributed by atoms with van der Waals surface area (Å²) in [5.74, 6) is 0.276. The minimum atomic E-state index is -4.44. The molecule has 1 N–H and O–H groups in total. The molecular weight excluding hydrogens is 353 g/mol. The summed E-state index contributed by atoms with van der Waals surface area (Å²) in [6.45, 7) is 0. The molecule has 1 aromatic carbocycles. The zero-order valence-electron chi connectivity index (χ0n) is 12.6. The van der Waals surface area contributed by atoms with Gasteiger partial charge in [0.05, 0.1) is 22.4 Å². The van der Waals surface area contributed by atoms with Crippen LogP contribution < -0.4 is 5.32 Å². The fourth-order valence-electron chi connectivity index (χ4n) is 1.98. The van der Waals surface area contributed by atoms with Crippen molar-refractivity contribution in [1.29, 1.82) is 0 Å². The highest BCUT2D eigenvalue weighted by Crippen LogP contribution is 2.32. The van der Waals surface area contributed by atoms with E-state index in [0.717, 1.165) is 23.9 Å². The zero-order valence-corrected chi connectivity index (χ0v) is 13.4. The highest BCUT2D eigenvalue weighted by Gasteiger charge is 2.30. The van der Waals surface area contributed by atoms with Crippen LogP contribution in [0.15, 0.2) is 69.1 Å². The summed E-state index contributed by atoms with van der Waals surface area (Å²) in [6.07, 6.45) is 2.00. The fourth-order valence-corrected chi connectivity index (χ4v) is 2.77. The molecule has 0 saturated carbocycles. The van der Waals surface area contributed by atoms with E-state index in [1.807, 2.05) is 0 Å². The number of carbonyl (C=O) groups is 1. The Kier molecular flexibility index (Phi) is 4.80. The van der Waals surface area contributed by atoms with Crippen LogP contribution in [0.3, 0.4) is 0 Å². The molecule has 25 heavy (non-hydrogen) atoms. The molecule has 1 aliphatic rings. The number of carbonyl (C=O) groups excluding carboxylic acids is 1. The maximum absolute atomic E-state index is 12.7. The molecule has 1 amide bonds. The van der Waals surface area contributed by atoms with Crippen LogP contribution in [0.1, 0.15) is 11.3 Å². The number of allylic oxidation sites excluding steroid dienone is 2. The van der Waals surface area contributed by atoms with Gasteiger partial charge in [-0.2, -0.15) is 13.2 Å². The van der Waals surface area contributed by atoms with Crippen molar-refractivity contribution in [3.8, 4) is 0 Å². The molecule has 0 bridgehead atoms. The van der Waals surface area contributed by atoms with Crippen molar-refractivity contribution in [3.05, 3.63) is 71.0 Å². The summed E-state index contributed by atoms with van der Waals surface area (Å²) in [7, 11) is 0. The maximum Gasteiger partial charge on any atom is 0.416 e. The van der Waals surface area contributed by atoms with E-state index < -0.39 is 11.7 Å². The highest BCUT2D eigenvalue weighted by molar-refractivity contribution is 8.18. The molecule has 2 aromatic rings. The van der Waals surface area contributed by atoms with Crippen molar-refractivity contribution in [1.82, 2.24) is 5.32 Å². The molecule has 1 aromatic heterocycles. The molecular formula is C17H11F3N2O2S. The van der Waals surface area contributed by atoms with Gasteiger partial charge in [-0.05, 0) is 54.2 Å². The number of hydrogen-bond acceptors (Lipinski definition) is 4. The SMILES string of the molecule is O=C1NC(=Nc2cccc(C(F)(F)F)c2)SC1=CC=Cc1ccco1. The molecule has 1 aliphatic heterocycles. The Bertz CT molecular complexity index is 868. The van der Waals surface area contributed by atoms with E-state index in [9.17, 15) is 18.0 Å². The smallest absolute Gasteiger partial charge is 0.416 e. The topological polar surface area (TPSA) is 54.6 Å². The van der Waals surface area contributed by atoms with E-state index in [0.29, 0.717) is 10.7 Å². The Morgan fingerprint density at radius 3 is 2.76 bits per heavy atom. The molecule has 3 rings (SSSR count). The quantitative estimate of drug-likeness (QED) is 0.800. The Hall–Kier alpha value is -2.74. The third-order valence-electron chi connectivity index (χ3n) is 3.11. The first kappa shape index (κ1) is 17.1. The average molecular weight is 364 g/mol. The summed E-state index contributed by atoms with van der Waals surface area (Å²) in [5, 5.41) is 2.75. The van der Waals surface area contributed by atoms with Crippen molar-refractivity contribution in [2.24, 2.45) is 4.99 Å². The second-order valence-corrected chi connectivity index (χ2v) is 5.96. The van der Waals surface area contributed by atoms with E-state index in [2.05, 4.69) is 10.3 Å². The van der Waals surface area contributed by atoms with Crippen LogP contribution in [0.5, 0.6) is 0 Å². The van der Waals surface area contributed by atoms with Gasteiger partial charge in [0.15, 0.2) is 5.17 Å². The van der Waals surface area contributed by atoms with Crippen molar-refractivity contribution >= 4 is 34.6 Å². The van der Waals surface area contributed by atoms with Crippen molar-refractivity contribution in [2.75, 3.05) is 0 Å². The monoisotopic (exact) mass is 364 g/mol. The largest absolute Gasteiger partial charge is 0.465 e. The first-order valence-corrected chi connectivity index (χ1v) is 7.90. The summed E-state index contributed by atoms with van der Waals surface area (Å²) in [6, 6.07) is 8.11. The Morgan fingerprint density at radius 1 is 1.20 bits per heavy atom. The molecule has 4 nitrogen and oxygen atoms in total. The van der Waals surface area contributed by atoms with Gasteiger partial charge in [0, 0.05) is 0 Å². The second kappa shape index (κ2) is 7.02. The number of rotatable bonds is 3. The van der Waals surface area contributed by atoms with Crippen LogP contribution in [0, 0.1) is 0 Å². The van der Waals surface area contributed by atoms with Gasteiger partial charge in [-0.15, -0.1) is 0 Å².